The third-order valence-corrected chi connectivity index (χ3v) is 4.30. The third kappa shape index (κ3) is 5.18. The maximum absolute atomic E-state index is 12.5. The zero-order valence-electron chi connectivity index (χ0n) is 15.8. The van der Waals surface area contributed by atoms with Crippen LogP contribution in [-0.2, 0) is 16.1 Å². The first-order chi connectivity index (χ1) is 14.1. The number of hydrogen-bond donors (Lipinski definition) is 3. The number of ether oxygens (including phenoxy) is 1. The van der Waals surface area contributed by atoms with Crippen molar-refractivity contribution < 1.29 is 19.4 Å². The topological polar surface area (TPSA) is 101 Å². The second-order valence-corrected chi connectivity index (χ2v) is 6.29. The number of phenolic OH excluding ortho intramolecular Hbond substituents is 1. The summed E-state index contributed by atoms with van der Waals surface area (Å²) in [6.45, 7) is 0.261. The van der Waals surface area contributed by atoms with Gasteiger partial charge in [-0.05, 0) is 35.9 Å². The van der Waals surface area contributed by atoms with Gasteiger partial charge in [-0.1, -0.05) is 30.3 Å². The first-order valence-electron chi connectivity index (χ1n) is 8.97. The summed E-state index contributed by atoms with van der Waals surface area (Å²) in [4.78, 5) is 28.7. The molecule has 0 aliphatic rings. The summed E-state index contributed by atoms with van der Waals surface area (Å²) in [5, 5.41) is 15.5. The molecule has 1 atom stereocenters. The lowest BCUT2D eigenvalue weighted by Crippen LogP contribution is -2.30. The molecule has 1 aromatic heterocycles. The Hall–Kier alpha value is -3.71. The van der Waals surface area contributed by atoms with Crippen molar-refractivity contribution in [3.05, 3.63) is 89.7 Å². The minimum atomic E-state index is -0.916. The molecule has 0 bridgehead atoms. The first kappa shape index (κ1) is 20.0. The van der Waals surface area contributed by atoms with Crippen LogP contribution >= 0.6 is 0 Å². The smallest absolute Gasteiger partial charge is 0.255 e. The number of aromatic nitrogens is 1. The van der Waals surface area contributed by atoms with E-state index in [1.807, 2.05) is 0 Å². The molecule has 7 nitrogen and oxygen atoms in total. The molecule has 0 radical (unpaired) electrons. The van der Waals surface area contributed by atoms with Crippen LogP contribution in [0, 0.1) is 0 Å². The van der Waals surface area contributed by atoms with Gasteiger partial charge in [0, 0.05) is 31.0 Å². The van der Waals surface area contributed by atoms with Gasteiger partial charge in [0.15, 0.2) is 6.10 Å². The molecule has 29 heavy (non-hydrogen) atoms. The molecule has 148 valence electrons. The van der Waals surface area contributed by atoms with Gasteiger partial charge < -0.3 is 20.5 Å². The zero-order chi connectivity index (χ0) is 20.6. The Morgan fingerprint density at radius 2 is 1.83 bits per heavy atom. The molecule has 1 unspecified atom stereocenters. The first-order valence-corrected chi connectivity index (χ1v) is 8.97. The number of anilines is 1. The Labute approximate surface area is 168 Å². The minimum Gasteiger partial charge on any atom is -0.508 e. The molecule has 2 aromatic carbocycles. The van der Waals surface area contributed by atoms with E-state index in [2.05, 4.69) is 15.6 Å². The van der Waals surface area contributed by atoms with E-state index in [4.69, 9.17) is 4.74 Å². The lowest BCUT2D eigenvalue weighted by atomic mass is 10.1. The number of methoxy groups -OCH3 is 1. The van der Waals surface area contributed by atoms with Crippen LogP contribution in [0.4, 0.5) is 5.69 Å². The van der Waals surface area contributed by atoms with Crippen LogP contribution < -0.4 is 10.6 Å². The highest BCUT2D eigenvalue weighted by Gasteiger charge is 2.22. The van der Waals surface area contributed by atoms with Crippen molar-refractivity contribution in [3.8, 4) is 5.75 Å². The molecule has 0 spiro atoms. The van der Waals surface area contributed by atoms with E-state index < -0.39 is 6.10 Å². The van der Waals surface area contributed by atoms with Gasteiger partial charge in [0.2, 0.25) is 0 Å². The molecule has 1 heterocycles. The lowest BCUT2D eigenvalue weighted by molar-refractivity contribution is -0.131. The summed E-state index contributed by atoms with van der Waals surface area (Å²) in [6, 6.07) is 16.9. The number of para-hydroxylation sites is 1. The van der Waals surface area contributed by atoms with Crippen molar-refractivity contribution in [2.24, 2.45) is 0 Å². The Bertz CT molecular complexity index is 975. The third-order valence-electron chi connectivity index (χ3n) is 4.30. The fourth-order valence-corrected chi connectivity index (χ4v) is 2.78. The van der Waals surface area contributed by atoms with E-state index in [0.717, 1.165) is 5.56 Å². The summed E-state index contributed by atoms with van der Waals surface area (Å²) in [5.41, 5.74) is 2.33. The normalized spacial score (nSPS) is 11.5. The van der Waals surface area contributed by atoms with Crippen LogP contribution in [0.2, 0.25) is 0 Å². The van der Waals surface area contributed by atoms with Crippen LogP contribution in [-0.4, -0.2) is 29.0 Å². The standard InChI is InChI=1S/C22H21N3O4/c1-29-20(18-6-2-3-7-19(18)26)22(28)24-13-15-8-10-16(11-9-15)21(27)25-17-5-4-12-23-14-17/h2-12,14,20,26H,13H2,1H3,(H,24,28)(H,25,27). The van der Waals surface area contributed by atoms with E-state index in [1.165, 1.54) is 13.2 Å². The van der Waals surface area contributed by atoms with Crippen LogP contribution in [0.3, 0.4) is 0 Å². The Morgan fingerprint density at radius 3 is 2.48 bits per heavy atom. The van der Waals surface area contributed by atoms with Crippen LogP contribution in [0.1, 0.15) is 27.6 Å². The van der Waals surface area contributed by atoms with Crippen molar-refractivity contribution >= 4 is 17.5 Å². The van der Waals surface area contributed by atoms with E-state index in [1.54, 1.807) is 67.0 Å². The van der Waals surface area contributed by atoms with Gasteiger partial charge in [0.1, 0.15) is 5.75 Å². The average molecular weight is 391 g/mol. The van der Waals surface area contributed by atoms with Crippen molar-refractivity contribution in [1.29, 1.82) is 0 Å². The molecule has 0 saturated carbocycles. The zero-order valence-corrected chi connectivity index (χ0v) is 15.8. The molecular weight excluding hydrogens is 370 g/mol. The van der Waals surface area contributed by atoms with Gasteiger partial charge in [0.25, 0.3) is 11.8 Å². The molecule has 0 aliphatic carbocycles. The number of nitrogens with one attached hydrogen (secondary N) is 2. The number of rotatable bonds is 7. The molecule has 0 saturated heterocycles. The number of aromatic hydroxyl groups is 1. The summed E-state index contributed by atoms with van der Waals surface area (Å²) >= 11 is 0. The molecule has 2 amide bonds. The highest BCUT2D eigenvalue weighted by Crippen LogP contribution is 2.26. The fraction of sp³-hybridized carbons (Fsp3) is 0.136. The Kier molecular flexibility index (Phi) is 6.55. The van der Waals surface area contributed by atoms with Gasteiger partial charge in [-0.25, -0.2) is 0 Å². The number of pyridine rings is 1. The van der Waals surface area contributed by atoms with Gasteiger partial charge in [-0.3, -0.25) is 14.6 Å². The molecule has 3 aromatic rings. The molecule has 3 N–H and O–H groups in total. The second-order valence-electron chi connectivity index (χ2n) is 6.29. The highest BCUT2D eigenvalue weighted by atomic mass is 16.5. The Balaban J connectivity index is 1.59. The van der Waals surface area contributed by atoms with Gasteiger partial charge in [0.05, 0.1) is 11.9 Å². The van der Waals surface area contributed by atoms with E-state index >= 15 is 0 Å². The fourth-order valence-electron chi connectivity index (χ4n) is 2.78. The maximum atomic E-state index is 12.5. The number of benzene rings is 2. The quantitative estimate of drug-likeness (QED) is 0.575. The molecule has 0 fully saturated rings. The molecular formula is C22H21N3O4. The SMILES string of the molecule is COC(C(=O)NCc1ccc(C(=O)Nc2cccnc2)cc1)c1ccccc1O. The molecule has 0 aliphatic heterocycles. The van der Waals surface area contributed by atoms with Crippen molar-refractivity contribution in [2.75, 3.05) is 12.4 Å². The average Bonchev–Trinajstić information content (AvgIpc) is 2.75. The summed E-state index contributed by atoms with van der Waals surface area (Å²) < 4.78 is 5.24. The number of amides is 2. The summed E-state index contributed by atoms with van der Waals surface area (Å²) in [6.07, 6.45) is 2.28. The number of phenols is 1. The number of nitrogens with zero attached hydrogens (tertiary/aromatic N) is 1. The molecule has 3 rings (SSSR count). The van der Waals surface area contributed by atoms with Gasteiger partial charge in [-0.2, -0.15) is 0 Å². The number of carbonyl (C=O) groups is 2. The van der Waals surface area contributed by atoms with Crippen LogP contribution in [0.15, 0.2) is 73.1 Å². The van der Waals surface area contributed by atoms with Gasteiger partial charge in [-0.15, -0.1) is 0 Å². The van der Waals surface area contributed by atoms with E-state index in [9.17, 15) is 14.7 Å². The number of hydrogen-bond acceptors (Lipinski definition) is 5. The van der Waals surface area contributed by atoms with E-state index in [0.29, 0.717) is 16.8 Å². The number of carbonyl (C=O) groups excluding carboxylic acids is 2. The van der Waals surface area contributed by atoms with Crippen molar-refractivity contribution in [3.63, 3.8) is 0 Å². The summed E-state index contributed by atoms with van der Waals surface area (Å²) in [5.74, 6) is -0.613. The predicted molar refractivity (Wildman–Crippen MR) is 108 cm³/mol. The minimum absolute atomic E-state index is 0.00141. The van der Waals surface area contributed by atoms with Crippen molar-refractivity contribution in [1.82, 2.24) is 10.3 Å². The van der Waals surface area contributed by atoms with Crippen LogP contribution in [0.5, 0.6) is 5.75 Å². The Morgan fingerprint density at radius 1 is 1.07 bits per heavy atom. The molecule has 7 heteroatoms. The van der Waals surface area contributed by atoms with Crippen molar-refractivity contribution in [2.45, 2.75) is 12.6 Å². The van der Waals surface area contributed by atoms with Crippen LogP contribution in [0.25, 0.3) is 0 Å². The van der Waals surface area contributed by atoms with E-state index in [-0.39, 0.29) is 24.1 Å². The second kappa shape index (κ2) is 9.48. The summed E-state index contributed by atoms with van der Waals surface area (Å²) in [7, 11) is 1.41. The lowest BCUT2D eigenvalue weighted by Gasteiger charge is -2.16. The predicted octanol–water partition coefficient (Wildman–Crippen LogP) is 3.04. The largest absolute Gasteiger partial charge is 0.508 e. The maximum Gasteiger partial charge on any atom is 0.255 e. The highest BCUT2D eigenvalue weighted by molar-refractivity contribution is 6.04. The van der Waals surface area contributed by atoms with Gasteiger partial charge >= 0.3 is 0 Å². The monoisotopic (exact) mass is 391 g/mol.